The van der Waals surface area contributed by atoms with Crippen LogP contribution >= 0.6 is 0 Å². The summed E-state index contributed by atoms with van der Waals surface area (Å²) in [6.45, 7) is 8.85. The van der Waals surface area contributed by atoms with Gasteiger partial charge < -0.3 is 9.80 Å². The maximum Gasteiger partial charge on any atom is 0.253 e. The number of benzene rings is 1. The van der Waals surface area contributed by atoms with E-state index in [1.165, 1.54) is 0 Å². The van der Waals surface area contributed by atoms with Crippen LogP contribution in [-0.2, 0) is 4.79 Å². The molecule has 1 saturated heterocycles. The molecule has 120 valence electrons. The average molecular weight is 302 g/mol. The summed E-state index contributed by atoms with van der Waals surface area (Å²) in [4.78, 5) is 28.5. The zero-order valence-corrected chi connectivity index (χ0v) is 13.8. The fraction of sp³-hybridized carbons (Fsp3) is 0.556. The van der Waals surface area contributed by atoms with E-state index in [1.807, 2.05) is 41.0 Å². The number of aryl methyl sites for hydroxylation is 1. The molecule has 0 spiro atoms. The van der Waals surface area contributed by atoms with Crippen molar-refractivity contribution in [1.29, 1.82) is 0 Å². The normalized spacial score (nSPS) is 15.8. The Morgan fingerprint density at radius 2 is 1.77 bits per heavy atom. The zero-order valence-electron chi connectivity index (χ0n) is 13.8. The summed E-state index contributed by atoms with van der Waals surface area (Å²) in [6.07, 6.45) is 1.44. The van der Waals surface area contributed by atoms with E-state index in [4.69, 9.17) is 0 Å². The first-order valence-corrected chi connectivity index (χ1v) is 8.11. The molecule has 0 unspecified atom stereocenters. The number of hydrogen-bond acceptors (Lipinski definition) is 2. The van der Waals surface area contributed by atoms with Gasteiger partial charge in [0.05, 0.1) is 0 Å². The van der Waals surface area contributed by atoms with E-state index in [2.05, 4.69) is 13.8 Å². The minimum Gasteiger partial charge on any atom is -0.341 e. The largest absolute Gasteiger partial charge is 0.341 e. The molecular formula is C18H26N2O2. The minimum absolute atomic E-state index is 0.0712. The van der Waals surface area contributed by atoms with Gasteiger partial charge in [-0.1, -0.05) is 31.5 Å². The number of nitrogens with zero attached hydrogens (tertiary/aromatic N) is 2. The highest BCUT2D eigenvalue weighted by atomic mass is 16.2. The zero-order chi connectivity index (χ0) is 16.1. The molecule has 1 aliphatic rings. The van der Waals surface area contributed by atoms with Crippen LogP contribution < -0.4 is 0 Å². The van der Waals surface area contributed by atoms with Crippen molar-refractivity contribution in [3.05, 3.63) is 35.4 Å². The Morgan fingerprint density at radius 1 is 1.09 bits per heavy atom. The van der Waals surface area contributed by atoms with Crippen LogP contribution in [0.3, 0.4) is 0 Å². The molecule has 1 aromatic carbocycles. The van der Waals surface area contributed by atoms with Gasteiger partial charge in [0, 0.05) is 38.2 Å². The van der Waals surface area contributed by atoms with Gasteiger partial charge in [-0.05, 0) is 31.4 Å². The van der Waals surface area contributed by atoms with Crippen molar-refractivity contribution < 1.29 is 9.59 Å². The fourth-order valence-corrected chi connectivity index (χ4v) is 2.81. The van der Waals surface area contributed by atoms with Crippen LogP contribution in [-0.4, -0.2) is 47.8 Å². The third-order valence-corrected chi connectivity index (χ3v) is 3.98. The quantitative estimate of drug-likeness (QED) is 0.861. The SMILES string of the molecule is Cc1cccc(C(=O)N2CCCN(C(=O)CC(C)C)CC2)c1. The highest BCUT2D eigenvalue weighted by Gasteiger charge is 2.23. The second kappa shape index (κ2) is 7.43. The second-order valence-corrected chi connectivity index (χ2v) is 6.49. The van der Waals surface area contributed by atoms with Gasteiger partial charge in [-0.2, -0.15) is 0 Å². The first kappa shape index (κ1) is 16.5. The Kier molecular flexibility index (Phi) is 5.58. The molecule has 1 heterocycles. The Hall–Kier alpha value is -1.84. The first-order chi connectivity index (χ1) is 10.5. The molecule has 2 amide bonds. The molecule has 0 aromatic heterocycles. The smallest absolute Gasteiger partial charge is 0.253 e. The summed E-state index contributed by atoms with van der Waals surface area (Å²) in [5, 5.41) is 0. The van der Waals surface area contributed by atoms with Crippen molar-refractivity contribution in [2.45, 2.75) is 33.6 Å². The third kappa shape index (κ3) is 4.33. The fourth-order valence-electron chi connectivity index (χ4n) is 2.81. The highest BCUT2D eigenvalue weighted by Crippen LogP contribution is 2.12. The number of amides is 2. The van der Waals surface area contributed by atoms with E-state index in [9.17, 15) is 9.59 Å². The molecule has 0 aliphatic carbocycles. The highest BCUT2D eigenvalue weighted by molar-refractivity contribution is 5.94. The van der Waals surface area contributed by atoms with E-state index in [0.717, 1.165) is 30.6 Å². The molecule has 0 radical (unpaired) electrons. The van der Waals surface area contributed by atoms with Crippen LogP contribution in [0.2, 0.25) is 0 Å². The number of rotatable bonds is 3. The van der Waals surface area contributed by atoms with Gasteiger partial charge in [-0.25, -0.2) is 0 Å². The van der Waals surface area contributed by atoms with E-state index in [-0.39, 0.29) is 11.8 Å². The maximum atomic E-state index is 12.6. The number of hydrogen-bond donors (Lipinski definition) is 0. The molecule has 4 nitrogen and oxygen atoms in total. The van der Waals surface area contributed by atoms with E-state index >= 15 is 0 Å². The average Bonchev–Trinajstić information content (AvgIpc) is 2.71. The van der Waals surface area contributed by atoms with Crippen LogP contribution in [0.4, 0.5) is 0 Å². The van der Waals surface area contributed by atoms with Gasteiger partial charge in [0.1, 0.15) is 0 Å². The molecule has 0 atom stereocenters. The maximum absolute atomic E-state index is 12.6. The van der Waals surface area contributed by atoms with Gasteiger partial charge in [-0.3, -0.25) is 9.59 Å². The van der Waals surface area contributed by atoms with Crippen molar-refractivity contribution in [3.8, 4) is 0 Å². The molecule has 0 bridgehead atoms. The minimum atomic E-state index is 0.0712. The second-order valence-electron chi connectivity index (χ2n) is 6.49. The van der Waals surface area contributed by atoms with Crippen molar-refractivity contribution in [1.82, 2.24) is 9.80 Å². The van der Waals surface area contributed by atoms with Crippen LogP contribution in [0.5, 0.6) is 0 Å². The summed E-state index contributed by atoms with van der Waals surface area (Å²) >= 11 is 0. The van der Waals surface area contributed by atoms with Crippen molar-refractivity contribution >= 4 is 11.8 Å². The lowest BCUT2D eigenvalue weighted by atomic mass is 10.1. The Bertz CT molecular complexity index is 540. The summed E-state index contributed by atoms with van der Waals surface area (Å²) < 4.78 is 0. The van der Waals surface area contributed by atoms with Gasteiger partial charge in [0.25, 0.3) is 5.91 Å². The predicted octanol–water partition coefficient (Wildman–Crippen LogP) is 2.72. The molecule has 4 heteroatoms. The molecule has 0 saturated carbocycles. The lowest BCUT2D eigenvalue weighted by molar-refractivity contribution is -0.131. The standard InChI is InChI=1S/C18H26N2O2/c1-14(2)12-17(21)19-8-5-9-20(11-10-19)18(22)16-7-4-6-15(3)13-16/h4,6-7,13-14H,5,8-12H2,1-3H3. The Morgan fingerprint density at radius 3 is 2.45 bits per heavy atom. The topological polar surface area (TPSA) is 40.6 Å². The monoisotopic (exact) mass is 302 g/mol. The van der Waals surface area contributed by atoms with Crippen LogP contribution in [0.25, 0.3) is 0 Å². The van der Waals surface area contributed by atoms with E-state index in [0.29, 0.717) is 25.4 Å². The van der Waals surface area contributed by atoms with Crippen molar-refractivity contribution in [2.75, 3.05) is 26.2 Å². The van der Waals surface area contributed by atoms with Gasteiger partial charge >= 0.3 is 0 Å². The molecule has 1 fully saturated rings. The summed E-state index contributed by atoms with van der Waals surface area (Å²) in [6, 6.07) is 7.70. The Balaban J connectivity index is 1.98. The van der Waals surface area contributed by atoms with Gasteiger partial charge in [-0.15, -0.1) is 0 Å². The van der Waals surface area contributed by atoms with Crippen LogP contribution in [0.15, 0.2) is 24.3 Å². The summed E-state index contributed by atoms with van der Waals surface area (Å²) in [5.41, 5.74) is 1.83. The first-order valence-electron chi connectivity index (χ1n) is 8.11. The molecule has 22 heavy (non-hydrogen) atoms. The van der Waals surface area contributed by atoms with Crippen LogP contribution in [0, 0.1) is 12.8 Å². The number of carbonyl (C=O) groups is 2. The molecule has 1 aliphatic heterocycles. The van der Waals surface area contributed by atoms with Crippen molar-refractivity contribution in [3.63, 3.8) is 0 Å². The molecule has 1 aromatic rings. The Labute approximate surface area is 133 Å². The molecule has 2 rings (SSSR count). The van der Waals surface area contributed by atoms with Gasteiger partial charge in [0.2, 0.25) is 5.91 Å². The number of carbonyl (C=O) groups excluding carboxylic acids is 2. The molecular weight excluding hydrogens is 276 g/mol. The van der Waals surface area contributed by atoms with E-state index < -0.39 is 0 Å². The third-order valence-electron chi connectivity index (χ3n) is 3.98. The molecule has 0 N–H and O–H groups in total. The summed E-state index contributed by atoms with van der Waals surface area (Å²) in [7, 11) is 0. The van der Waals surface area contributed by atoms with E-state index in [1.54, 1.807) is 0 Å². The van der Waals surface area contributed by atoms with Crippen molar-refractivity contribution in [2.24, 2.45) is 5.92 Å². The van der Waals surface area contributed by atoms with Crippen LogP contribution in [0.1, 0.15) is 42.6 Å². The van der Waals surface area contributed by atoms with Gasteiger partial charge in [0.15, 0.2) is 0 Å². The lowest BCUT2D eigenvalue weighted by Gasteiger charge is -2.23. The predicted molar refractivity (Wildman–Crippen MR) is 87.7 cm³/mol. The lowest BCUT2D eigenvalue weighted by Crippen LogP contribution is -2.37. The summed E-state index contributed by atoms with van der Waals surface area (Å²) in [5.74, 6) is 0.655.